The SMILES string of the molecule is O=C(O)NCCCCCCOCc1ccccc1. The molecule has 0 saturated carbocycles. The van der Waals surface area contributed by atoms with Crippen molar-refractivity contribution in [3.8, 4) is 0 Å². The number of amides is 1. The Labute approximate surface area is 108 Å². The van der Waals surface area contributed by atoms with Crippen molar-refractivity contribution in [2.75, 3.05) is 13.2 Å². The number of nitrogens with one attached hydrogen (secondary N) is 1. The highest BCUT2D eigenvalue weighted by atomic mass is 16.5. The average Bonchev–Trinajstić information content (AvgIpc) is 2.37. The van der Waals surface area contributed by atoms with E-state index in [1.807, 2.05) is 18.2 Å². The standard InChI is InChI=1S/C14H21NO3/c16-14(17)15-10-6-1-2-7-11-18-12-13-8-4-3-5-9-13/h3-5,8-9,15H,1-2,6-7,10-12H2,(H,16,17). The predicted octanol–water partition coefficient (Wildman–Crippen LogP) is 3.03. The van der Waals surface area contributed by atoms with Crippen LogP contribution in [0.2, 0.25) is 0 Å². The molecule has 0 heterocycles. The van der Waals surface area contributed by atoms with Crippen LogP contribution < -0.4 is 5.32 Å². The monoisotopic (exact) mass is 251 g/mol. The lowest BCUT2D eigenvalue weighted by Gasteiger charge is -2.04. The lowest BCUT2D eigenvalue weighted by atomic mass is 10.2. The first-order valence-corrected chi connectivity index (χ1v) is 6.37. The number of unbranched alkanes of at least 4 members (excludes halogenated alkanes) is 3. The van der Waals surface area contributed by atoms with Gasteiger partial charge in [0.05, 0.1) is 6.61 Å². The maximum Gasteiger partial charge on any atom is 0.404 e. The summed E-state index contributed by atoms with van der Waals surface area (Å²) in [5.74, 6) is 0. The van der Waals surface area contributed by atoms with E-state index in [1.165, 1.54) is 5.56 Å². The number of hydrogen-bond donors (Lipinski definition) is 2. The molecule has 0 aliphatic rings. The van der Waals surface area contributed by atoms with Crippen LogP contribution in [-0.2, 0) is 11.3 Å². The van der Waals surface area contributed by atoms with Crippen LogP contribution in [-0.4, -0.2) is 24.4 Å². The van der Waals surface area contributed by atoms with Gasteiger partial charge >= 0.3 is 6.09 Å². The maximum atomic E-state index is 10.2. The molecule has 1 amide bonds. The number of benzene rings is 1. The quantitative estimate of drug-likeness (QED) is 0.663. The fourth-order valence-corrected chi connectivity index (χ4v) is 1.64. The Morgan fingerprint density at radius 3 is 2.56 bits per heavy atom. The van der Waals surface area contributed by atoms with E-state index >= 15 is 0 Å². The van der Waals surface area contributed by atoms with E-state index in [0.717, 1.165) is 32.3 Å². The van der Waals surface area contributed by atoms with Crippen LogP contribution in [0.3, 0.4) is 0 Å². The van der Waals surface area contributed by atoms with Gasteiger partial charge in [0.1, 0.15) is 0 Å². The fourth-order valence-electron chi connectivity index (χ4n) is 1.64. The van der Waals surface area contributed by atoms with Crippen LogP contribution in [0.1, 0.15) is 31.2 Å². The number of rotatable bonds is 9. The van der Waals surface area contributed by atoms with E-state index in [-0.39, 0.29) is 0 Å². The van der Waals surface area contributed by atoms with Crippen molar-refractivity contribution in [2.24, 2.45) is 0 Å². The van der Waals surface area contributed by atoms with Gasteiger partial charge in [-0.3, -0.25) is 0 Å². The van der Waals surface area contributed by atoms with Crippen molar-refractivity contribution < 1.29 is 14.6 Å². The molecule has 0 atom stereocenters. The minimum Gasteiger partial charge on any atom is -0.465 e. The topological polar surface area (TPSA) is 58.6 Å². The van der Waals surface area contributed by atoms with Crippen molar-refractivity contribution in [1.82, 2.24) is 5.32 Å². The Morgan fingerprint density at radius 2 is 1.83 bits per heavy atom. The molecule has 0 radical (unpaired) electrons. The molecule has 1 rings (SSSR count). The first-order chi connectivity index (χ1) is 8.79. The van der Waals surface area contributed by atoms with E-state index < -0.39 is 6.09 Å². The van der Waals surface area contributed by atoms with Gasteiger partial charge in [-0.1, -0.05) is 43.2 Å². The summed E-state index contributed by atoms with van der Waals surface area (Å²) in [4.78, 5) is 10.2. The third kappa shape index (κ3) is 7.68. The molecule has 0 unspecified atom stereocenters. The van der Waals surface area contributed by atoms with Gasteiger partial charge in [-0.25, -0.2) is 4.79 Å². The van der Waals surface area contributed by atoms with E-state index in [2.05, 4.69) is 17.4 Å². The Kier molecular flexibility index (Phi) is 7.64. The lowest BCUT2D eigenvalue weighted by molar-refractivity contribution is 0.116. The van der Waals surface area contributed by atoms with Gasteiger partial charge in [-0.15, -0.1) is 0 Å². The van der Waals surface area contributed by atoms with E-state index in [9.17, 15) is 4.79 Å². The van der Waals surface area contributed by atoms with Crippen molar-refractivity contribution in [2.45, 2.75) is 32.3 Å². The van der Waals surface area contributed by atoms with Crippen LogP contribution in [0.25, 0.3) is 0 Å². The van der Waals surface area contributed by atoms with E-state index in [4.69, 9.17) is 9.84 Å². The molecule has 0 aromatic heterocycles. The summed E-state index contributed by atoms with van der Waals surface area (Å²) in [6.45, 7) is 1.98. The molecule has 18 heavy (non-hydrogen) atoms. The van der Waals surface area contributed by atoms with Crippen molar-refractivity contribution in [3.63, 3.8) is 0 Å². The van der Waals surface area contributed by atoms with Crippen molar-refractivity contribution >= 4 is 6.09 Å². The number of carboxylic acid groups (broad SMARTS) is 1. The van der Waals surface area contributed by atoms with Crippen molar-refractivity contribution in [1.29, 1.82) is 0 Å². The third-order valence-electron chi connectivity index (χ3n) is 2.60. The summed E-state index contributed by atoms with van der Waals surface area (Å²) in [5.41, 5.74) is 1.20. The maximum absolute atomic E-state index is 10.2. The summed E-state index contributed by atoms with van der Waals surface area (Å²) in [5, 5.41) is 10.7. The molecular weight excluding hydrogens is 230 g/mol. The van der Waals surface area contributed by atoms with Crippen LogP contribution in [0, 0.1) is 0 Å². The zero-order chi connectivity index (χ0) is 13.1. The summed E-state index contributed by atoms with van der Waals surface area (Å²) >= 11 is 0. The molecule has 0 spiro atoms. The molecule has 0 bridgehead atoms. The van der Waals surface area contributed by atoms with Gasteiger partial charge in [0, 0.05) is 13.2 Å². The smallest absolute Gasteiger partial charge is 0.404 e. The minimum absolute atomic E-state index is 0.542. The Morgan fingerprint density at radius 1 is 1.11 bits per heavy atom. The molecule has 0 fully saturated rings. The lowest BCUT2D eigenvalue weighted by Crippen LogP contribution is -2.21. The van der Waals surface area contributed by atoms with E-state index in [0.29, 0.717) is 13.2 Å². The summed E-state index contributed by atoms with van der Waals surface area (Å²) < 4.78 is 5.55. The van der Waals surface area contributed by atoms with Crippen LogP contribution in [0.5, 0.6) is 0 Å². The van der Waals surface area contributed by atoms with Gasteiger partial charge in [0.2, 0.25) is 0 Å². The predicted molar refractivity (Wildman–Crippen MR) is 70.6 cm³/mol. The molecule has 2 N–H and O–H groups in total. The molecule has 0 aliphatic heterocycles. The van der Waals surface area contributed by atoms with Crippen LogP contribution in [0.15, 0.2) is 30.3 Å². The van der Waals surface area contributed by atoms with Crippen LogP contribution in [0.4, 0.5) is 4.79 Å². The second-order valence-electron chi connectivity index (χ2n) is 4.18. The first kappa shape index (κ1) is 14.5. The summed E-state index contributed by atoms with van der Waals surface area (Å²) in [6.07, 6.45) is 3.09. The summed E-state index contributed by atoms with van der Waals surface area (Å²) in [6, 6.07) is 10.1. The third-order valence-corrected chi connectivity index (χ3v) is 2.60. The zero-order valence-electron chi connectivity index (χ0n) is 10.6. The second kappa shape index (κ2) is 9.48. The Bertz CT molecular complexity index is 327. The minimum atomic E-state index is -0.943. The first-order valence-electron chi connectivity index (χ1n) is 6.37. The molecule has 1 aromatic rings. The van der Waals surface area contributed by atoms with Gasteiger partial charge in [0.15, 0.2) is 0 Å². The van der Waals surface area contributed by atoms with Gasteiger partial charge in [0.25, 0.3) is 0 Å². The summed E-state index contributed by atoms with van der Waals surface area (Å²) in [7, 11) is 0. The molecular formula is C14H21NO3. The molecule has 0 aliphatic carbocycles. The average molecular weight is 251 g/mol. The fraction of sp³-hybridized carbons (Fsp3) is 0.500. The highest BCUT2D eigenvalue weighted by Crippen LogP contribution is 2.03. The highest BCUT2D eigenvalue weighted by molar-refractivity contribution is 5.64. The number of carbonyl (C=O) groups is 1. The van der Waals surface area contributed by atoms with Crippen LogP contribution >= 0.6 is 0 Å². The molecule has 4 heteroatoms. The Balaban J connectivity index is 1.86. The Hall–Kier alpha value is -1.55. The number of ether oxygens (including phenoxy) is 1. The highest BCUT2D eigenvalue weighted by Gasteiger charge is 1.95. The normalized spacial score (nSPS) is 10.2. The molecule has 4 nitrogen and oxygen atoms in total. The molecule has 0 saturated heterocycles. The number of hydrogen-bond acceptors (Lipinski definition) is 2. The van der Waals surface area contributed by atoms with Gasteiger partial charge in [-0.05, 0) is 18.4 Å². The van der Waals surface area contributed by atoms with Gasteiger partial charge < -0.3 is 15.2 Å². The van der Waals surface area contributed by atoms with Crippen molar-refractivity contribution in [3.05, 3.63) is 35.9 Å². The molecule has 1 aromatic carbocycles. The van der Waals surface area contributed by atoms with Gasteiger partial charge in [-0.2, -0.15) is 0 Å². The largest absolute Gasteiger partial charge is 0.465 e. The van der Waals surface area contributed by atoms with E-state index in [1.54, 1.807) is 0 Å². The zero-order valence-corrected chi connectivity index (χ0v) is 10.6. The second-order valence-corrected chi connectivity index (χ2v) is 4.18. The molecule has 100 valence electrons.